The van der Waals surface area contributed by atoms with Crippen LogP contribution in [0.1, 0.15) is 44.7 Å². The molecule has 1 aromatic carbocycles. The summed E-state index contributed by atoms with van der Waals surface area (Å²) in [4.78, 5) is 40.0. The van der Waals surface area contributed by atoms with Crippen molar-refractivity contribution in [3.63, 3.8) is 0 Å². The molecule has 7 heteroatoms. The maximum atomic E-state index is 12.4. The van der Waals surface area contributed by atoms with Gasteiger partial charge in [0.05, 0.1) is 0 Å². The van der Waals surface area contributed by atoms with E-state index in [1.807, 2.05) is 52.8 Å². The van der Waals surface area contributed by atoms with Gasteiger partial charge >= 0.3 is 6.09 Å². The maximum Gasteiger partial charge on any atom is 0.410 e. The van der Waals surface area contributed by atoms with Gasteiger partial charge in [-0.2, -0.15) is 0 Å². The van der Waals surface area contributed by atoms with Gasteiger partial charge in [0, 0.05) is 44.7 Å². The molecule has 0 aromatic heterocycles. The van der Waals surface area contributed by atoms with E-state index >= 15 is 0 Å². The molecule has 0 atom stereocenters. The number of aryl methyl sites for hydroxylation is 2. The molecule has 28 heavy (non-hydrogen) atoms. The van der Waals surface area contributed by atoms with Crippen LogP contribution in [0.2, 0.25) is 0 Å². The molecule has 1 heterocycles. The standard InChI is InChI=1S/C21H31N3O4/c1-15-7-6-8-16(2)19(15)22-17(25)9-10-18(26)23-11-13-24(14-12-23)20(27)28-21(3,4)5/h6-8H,9-14H2,1-5H3,(H,22,25). The summed E-state index contributed by atoms with van der Waals surface area (Å²) in [6, 6.07) is 5.83. The van der Waals surface area contributed by atoms with Gasteiger partial charge in [0.2, 0.25) is 11.8 Å². The minimum absolute atomic E-state index is 0.0690. The molecule has 1 aliphatic rings. The lowest BCUT2D eigenvalue weighted by Gasteiger charge is -2.35. The fraction of sp³-hybridized carbons (Fsp3) is 0.571. The summed E-state index contributed by atoms with van der Waals surface area (Å²) in [6.07, 6.45) is -0.0604. The third-order valence-electron chi connectivity index (χ3n) is 4.60. The van der Waals surface area contributed by atoms with Gasteiger partial charge in [-0.1, -0.05) is 18.2 Å². The molecular weight excluding hydrogens is 358 g/mol. The summed E-state index contributed by atoms with van der Waals surface area (Å²) in [5, 5.41) is 2.90. The van der Waals surface area contributed by atoms with Crippen LogP contribution in [0.5, 0.6) is 0 Å². The minimum atomic E-state index is -0.535. The van der Waals surface area contributed by atoms with Crippen LogP contribution < -0.4 is 5.32 Å². The van der Waals surface area contributed by atoms with Crippen LogP contribution in [-0.4, -0.2) is 59.5 Å². The van der Waals surface area contributed by atoms with Crippen molar-refractivity contribution in [1.29, 1.82) is 0 Å². The van der Waals surface area contributed by atoms with E-state index in [0.717, 1.165) is 16.8 Å². The molecule has 7 nitrogen and oxygen atoms in total. The largest absolute Gasteiger partial charge is 0.444 e. The number of carbonyl (C=O) groups excluding carboxylic acids is 3. The van der Waals surface area contributed by atoms with Crippen molar-refractivity contribution in [2.75, 3.05) is 31.5 Å². The molecule has 0 spiro atoms. The Bertz CT molecular complexity index is 711. The van der Waals surface area contributed by atoms with E-state index in [1.54, 1.807) is 9.80 Å². The number of amides is 3. The van der Waals surface area contributed by atoms with Crippen molar-refractivity contribution in [3.05, 3.63) is 29.3 Å². The van der Waals surface area contributed by atoms with Crippen molar-refractivity contribution in [1.82, 2.24) is 9.80 Å². The summed E-state index contributed by atoms with van der Waals surface area (Å²) < 4.78 is 5.36. The number of rotatable bonds is 4. The SMILES string of the molecule is Cc1cccc(C)c1NC(=O)CCC(=O)N1CCN(C(=O)OC(C)(C)C)CC1. The number of carbonyl (C=O) groups is 3. The van der Waals surface area contributed by atoms with E-state index in [-0.39, 0.29) is 30.7 Å². The normalized spacial score (nSPS) is 14.6. The second kappa shape index (κ2) is 9.08. The Kier molecular flexibility index (Phi) is 7.05. The summed E-state index contributed by atoms with van der Waals surface area (Å²) in [5.41, 5.74) is 2.27. The van der Waals surface area contributed by atoms with Crippen molar-refractivity contribution in [3.8, 4) is 0 Å². The van der Waals surface area contributed by atoms with Gasteiger partial charge in [-0.3, -0.25) is 9.59 Å². The maximum absolute atomic E-state index is 12.4. The van der Waals surface area contributed by atoms with E-state index in [4.69, 9.17) is 4.74 Å². The molecule has 1 saturated heterocycles. The lowest BCUT2D eigenvalue weighted by Crippen LogP contribution is -2.51. The van der Waals surface area contributed by atoms with Crippen LogP contribution in [0.4, 0.5) is 10.5 Å². The van der Waals surface area contributed by atoms with Crippen LogP contribution in [-0.2, 0) is 14.3 Å². The number of piperazine rings is 1. The topological polar surface area (TPSA) is 79.0 Å². The fourth-order valence-electron chi connectivity index (χ4n) is 3.06. The first kappa shape index (κ1) is 21.7. The Hall–Kier alpha value is -2.57. The zero-order valence-electron chi connectivity index (χ0n) is 17.5. The lowest BCUT2D eigenvalue weighted by atomic mass is 10.1. The molecule has 0 radical (unpaired) electrons. The molecule has 1 aliphatic heterocycles. The van der Waals surface area contributed by atoms with Crippen LogP contribution in [0.15, 0.2) is 18.2 Å². The van der Waals surface area contributed by atoms with Crippen LogP contribution in [0.25, 0.3) is 0 Å². The van der Waals surface area contributed by atoms with E-state index < -0.39 is 5.60 Å². The zero-order valence-corrected chi connectivity index (χ0v) is 17.5. The number of ether oxygens (including phenoxy) is 1. The number of nitrogens with one attached hydrogen (secondary N) is 1. The molecule has 0 unspecified atom stereocenters. The molecule has 0 bridgehead atoms. The fourth-order valence-corrected chi connectivity index (χ4v) is 3.06. The molecule has 154 valence electrons. The highest BCUT2D eigenvalue weighted by Gasteiger charge is 2.27. The Balaban J connectivity index is 1.77. The molecule has 3 amide bonds. The molecule has 2 rings (SSSR count). The number of nitrogens with zero attached hydrogens (tertiary/aromatic N) is 2. The number of benzene rings is 1. The molecule has 0 saturated carbocycles. The van der Waals surface area contributed by atoms with Crippen LogP contribution in [0.3, 0.4) is 0 Å². The second-order valence-electron chi connectivity index (χ2n) is 8.16. The Labute approximate surface area is 167 Å². The molecule has 0 aliphatic carbocycles. The van der Waals surface area contributed by atoms with Gasteiger partial charge in [0.25, 0.3) is 0 Å². The molecule has 1 fully saturated rings. The second-order valence-corrected chi connectivity index (χ2v) is 8.16. The first-order chi connectivity index (χ1) is 13.1. The molecule has 1 N–H and O–H groups in total. The first-order valence-electron chi connectivity index (χ1n) is 9.68. The number of anilines is 1. The van der Waals surface area contributed by atoms with Gasteiger partial charge in [0.15, 0.2) is 0 Å². The van der Waals surface area contributed by atoms with Gasteiger partial charge in [-0.05, 0) is 45.7 Å². The Morgan fingerprint density at radius 1 is 0.964 bits per heavy atom. The highest BCUT2D eigenvalue weighted by molar-refractivity contribution is 5.94. The van der Waals surface area contributed by atoms with Gasteiger partial charge in [-0.25, -0.2) is 4.79 Å². The van der Waals surface area contributed by atoms with Crippen molar-refractivity contribution in [2.24, 2.45) is 0 Å². The third kappa shape index (κ3) is 6.25. The quantitative estimate of drug-likeness (QED) is 0.858. The summed E-state index contributed by atoms with van der Waals surface area (Å²) >= 11 is 0. The van der Waals surface area contributed by atoms with E-state index in [1.165, 1.54) is 0 Å². The van der Waals surface area contributed by atoms with Gasteiger partial charge in [-0.15, -0.1) is 0 Å². The van der Waals surface area contributed by atoms with Crippen LogP contribution >= 0.6 is 0 Å². The summed E-state index contributed by atoms with van der Waals surface area (Å²) in [7, 11) is 0. The Morgan fingerprint density at radius 2 is 1.50 bits per heavy atom. The summed E-state index contributed by atoms with van der Waals surface area (Å²) in [6.45, 7) is 11.2. The van der Waals surface area contributed by atoms with Gasteiger partial charge < -0.3 is 19.9 Å². The smallest absolute Gasteiger partial charge is 0.410 e. The first-order valence-corrected chi connectivity index (χ1v) is 9.68. The Morgan fingerprint density at radius 3 is 2.04 bits per heavy atom. The van der Waals surface area contributed by atoms with E-state index in [0.29, 0.717) is 26.2 Å². The van der Waals surface area contributed by atoms with Crippen molar-refractivity contribution >= 4 is 23.6 Å². The van der Waals surface area contributed by atoms with Crippen LogP contribution in [0, 0.1) is 13.8 Å². The van der Waals surface area contributed by atoms with E-state index in [2.05, 4.69) is 5.32 Å². The monoisotopic (exact) mass is 389 g/mol. The average Bonchev–Trinajstić information content (AvgIpc) is 2.61. The number of para-hydroxylation sites is 1. The highest BCUT2D eigenvalue weighted by Crippen LogP contribution is 2.20. The lowest BCUT2D eigenvalue weighted by molar-refractivity contribution is -0.134. The summed E-state index contributed by atoms with van der Waals surface area (Å²) in [5.74, 6) is -0.237. The average molecular weight is 389 g/mol. The molecule has 1 aromatic rings. The van der Waals surface area contributed by atoms with E-state index in [9.17, 15) is 14.4 Å². The van der Waals surface area contributed by atoms with Crippen molar-refractivity contribution < 1.29 is 19.1 Å². The van der Waals surface area contributed by atoms with Gasteiger partial charge in [0.1, 0.15) is 5.60 Å². The zero-order chi connectivity index (χ0) is 20.9. The predicted molar refractivity (Wildman–Crippen MR) is 108 cm³/mol. The number of hydrogen-bond acceptors (Lipinski definition) is 4. The predicted octanol–water partition coefficient (Wildman–Crippen LogP) is 3.10. The highest BCUT2D eigenvalue weighted by atomic mass is 16.6. The number of hydrogen-bond donors (Lipinski definition) is 1. The van der Waals surface area contributed by atoms with Crippen molar-refractivity contribution in [2.45, 2.75) is 53.1 Å². The molecular formula is C21H31N3O4. The minimum Gasteiger partial charge on any atom is -0.444 e. The third-order valence-corrected chi connectivity index (χ3v) is 4.60.